The fraction of sp³-hybridized carbons (Fsp3) is 0.609. The van der Waals surface area contributed by atoms with Crippen molar-refractivity contribution < 1.29 is 9.21 Å². The van der Waals surface area contributed by atoms with E-state index in [-0.39, 0.29) is 23.4 Å². The first-order chi connectivity index (χ1) is 16.0. The van der Waals surface area contributed by atoms with E-state index in [1.807, 2.05) is 24.3 Å². The van der Waals surface area contributed by atoms with E-state index in [1.165, 1.54) is 0 Å². The summed E-state index contributed by atoms with van der Waals surface area (Å²) in [5.41, 5.74) is 3.94. The van der Waals surface area contributed by atoms with Crippen LogP contribution in [-0.2, 0) is 4.79 Å². The highest BCUT2D eigenvalue weighted by atomic mass is 35.5. The van der Waals surface area contributed by atoms with E-state index < -0.39 is 0 Å². The van der Waals surface area contributed by atoms with Gasteiger partial charge in [0.2, 0.25) is 11.8 Å². The molecule has 2 aromatic rings. The Kier molecular flexibility index (Phi) is 5.05. The summed E-state index contributed by atoms with van der Waals surface area (Å²) in [6, 6.07) is 8.40. The lowest BCUT2D eigenvalue weighted by atomic mass is 9.74. The van der Waals surface area contributed by atoms with Crippen molar-refractivity contribution in [3.63, 3.8) is 0 Å². The summed E-state index contributed by atoms with van der Waals surface area (Å²) in [6.45, 7) is 5.57. The standard InChI is InChI=1S/C23H28ClN7O2/c1-23-12-30(21(32)15-4-7-18-19(10-15)26-29-25-18)9-8-16(23)11-31(13-23)22-28-27-20(33-22)14-2-5-17(24)6-3-14/h2-3,5-6,15-16,18-19H,4,7-13H2,1H3,(H,25,26)/t15?,16-,18+,19?,23?/m1/s1. The molecule has 1 aromatic heterocycles. The van der Waals surface area contributed by atoms with Crippen LogP contribution in [0.3, 0.4) is 0 Å². The molecule has 6 rings (SSSR count). The van der Waals surface area contributed by atoms with Crippen LogP contribution in [0.4, 0.5) is 6.01 Å². The van der Waals surface area contributed by atoms with Crippen LogP contribution in [-0.4, -0.2) is 59.3 Å². The molecule has 4 heterocycles. The van der Waals surface area contributed by atoms with E-state index in [2.05, 4.69) is 42.7 Å². The summed E-state index contributed by atoms with van der Waals surface area (Å²) in [7, 11) is 0. The molecule has 3 unspecified atom stereocenters. The highest BCUT2D eigenvalue weighted by Gasteiger charge is 2.49. The fourth-order valence-electron chi connectivity index (χ4n) is 6.04. The van der Waals surface area contributed by atoms with Crippen LogP contribution in [0, 0.1) is 17.3 Å². The molecule has 2 saturated heterocycles. The van der Waals surface area contributed by atoms with Crippen molar-refractivity contribution in [3.05, 3.63) is 29.3 Å². The Morgan fingerprint density at radius 2 is 2.03 bits per heavy atom. The van der Waals surface area contributed by atoms with Crippen LogP contribution >= 0.6 is 11.6 Å². The summed E-state index contributed by atoms with van der Waals surface area (Å²) in [5, 5.41) is 17.4. The monoisotopic (exact) mass is 469 g/mol. The largest absolute Gasteiger partial charge is 0.403 e. The van der Waals surface area contributed by atoms with Crippen LogP contribution in [0.2, 0.25) is 5.02 Å². The van der Waals surface area contributed by atoms with E-state index in [9.17, 15) is 4.79 Å². The number of nitrogens with zero attached hydrogens (tertiary/aromatic N) is 6. The second-order valence-electron chi connectivity index (χ2n) is 10.2. The van der Waals surface area contributed by atoms with Gasteiger partial charge in [0.05, 0.1) is 12.1 Å². The van der Waals surface area contributed by atoms with Gasteiger partial charge in [-0.1, -0.05) is 28.8 Å². The smallest absolute Gasteiger partial charge is 0.318 e. The number of anilines is 1. The predicted octanol–water partition coefficient (Wildman–Crippen LogP) is 3.57. The van der Waals surface area contributed by atoms with Crippen LogP contribution < -0.4 is 10.3 Å². The number of benzene rings is 1. The lowest BCUT2D eigenvalue weighted by molar-refractivity contribution is -0.140. The first-order valence-corrected chi connectivity index (χ1v) is 12.1. The molecule has 0 spiro atoms. The van der Waals surface area contributed by atoms with Gasteiger partial charge in [-0.15, -0.1) is 5.10 Å². The molecule has 10 heteroatoms. The van der Waals surface area contributed by atoms with Crippen LogP contribution in [0.25, 0.3) is 11.5 Å². The van der Waals surface area contributed by atoms with Gasteiger partial charge >= 0.3 is 6.01 Å². The molecule has 1 N–H and O–H groups in total. The third kappa shape index (κ3) is 3.76. The topological polar surface area (TPSA) is 99.2 Å². The average molecular weight is 470 g/mol. The minimum atomic E-state index is 0.0102. The Labute approximate surface area is 197 Å². The average Bonchev–Trinajstić information content (AvgIpc) is 3.55. The maximum absolute atomic E-state index is 13.4. The second kappa shape index (κ2) is 7.97. The molecule has 0 bridgehead atoms. The van der Waals surface area contributed by atoms with Gasteiger partial charge in [0.25, 0.3) is 0 Å². The Bertz CT molecular complexity index is 1070. The lowest BCUT2D eigenvalue weighted by Gasteiger charge is -2.43. The first-order valence-electron chi connectivity index (χ1n) is 11.8. The number of hydrogen-bond acceptors (Lipinski definition) is 8. The molecule has 9 nitrogen and oxygen atoms in total. The molecular weight excluding hydrogens is 442 g/mol. The molecule has 1 aromatic carbocycles. The van der Waals surface area contributed by atoms with Crippen molar-refractivity contribution in [3.8, 4) is 11.5 Å². The summed E-state index contributed by atoms with van der Waals surface area (Å²) in [6.07, 6.45) is 3.67. The Hall–Kier alpha value is -2.68. The molecule has 3 aliphatic heterocycles. The Morgan fingerprint density at radius 3 is 2.88 bits per heavy atom. The fourth-order valence-corrected chi connectivity index (χ4v) is 6.17. The lowest BCUT2D eigenvalue weighted by Crippen LogP contribution is -2.52. The quantitative estimate of drug-likeness (QED) is 0.737. The van der Waals surface area contributed by atoms with Crippen LogP contribution in [0.15, 0.2) is 39.0 Å². The number of aromatic nitrogens is 2. The number of rotatable bonds is 3. The Balaban J connectivity index is 1.12. The molecule has 174 valence electrons. The second-order valence-corrected chi connectivity index (χ2v) is 10.6. The SMILES string of the molecule is CC12CN(C(=O)C3CC[C@@H]4N=NNC4C3)CC[C@@H]1CN(c1nnc(-c3ccc(Cl)cc3)o1)C2. The summed E-state index contributed by atoms with van der Waals surface area (Å²) in [4.78, 5) is 17.7. The van der Waals surface area contributed by atoms with Crippen molar-refractivity contribution in [1.29, 1.82) is 0 Å². The molecule has 1 amide bonds. The van der Waals surface area contributed by atoms with Gasteiger partial charge in [0.1, 0.15) is 0 Å². The van der Waals surface area contributed by atoms with Crippen molar-refractivity contribution in [2.24, 2.45) is 27.6 Å². The highest BCUT2D eigenvalue weighted by Crippen LogP contribution is 2.44. The maximum Gasteiger partial charge on any atom is 0.318 e. The van der Waals surface area contributed by atoms with Gasteiger partial charge in [0, 0.05) is 48.1 Å². The number of fused-ring (bicyclic) bond motifs is 2. The summed E-state index contributed by atoms with van der Waals surface area (Å²) < 4.78 is 6.01. The number of likely N-dealkylation sites (tertiary alicyclic amines) is 1. The van der Waals surface area contributed by atoms with Gasteiger partial charge in [-0.3, -0.25) is 10.2 Å². The molecular formula is C23H28ClN7O2. The van der Waals surface area contributed by atoms with Gasteiger partial charge in [0.15, 0.2) is 0 Å². The van der Waals surface area contributed by atoms with E-state index in [4.69, 9.17) is 16.0 Å². The van der Waals surface area contributed by atoms with Crippen molar-refractivity contribution in [2.45, 2.75) is 44.7 Å². The molecule has 33 heavy (non-hydrogen) atoms. The number of hydrogen-bond donors (Lipinski definition) is 1. The number of halogens is 1. The zero-order valence-electron chi connectivity index (χ0n) is 18.7. The summed E-state index contributed by atoms with van der Waals surface area (Å²) in [5.74, 6) is 1.35. The Morgan fingerprint density at radius 1 is 1.18 bits per heavy atom. The summed E-state index contributed by atoms with van der Waals surface area (Å²) >= 11 is 5.99. The zero-order valence-corrected chi connectivity index (χ0v) is 19.4. The van der Waals surface area contributed by atoms with Gasteiger partial charge in [-0.05, 0) is 55.9 Å². The minimum Gasteiger partial charge on any atom is -0.403 e. The van der Waals surface area contributed by atoms with E-state index >= 15 is 0 Å². The molecule has 5 atom stereocenters. The number of piperidine rings is 1. The predicted molar refractivity (Wildman–Crippen MR) is 123 cm³/mol. The molecule has 0 radical (unpaired) electrons. The van der Waals surface area contributed by atoms with Crippen molar-refractivity contribution >= 4 is 23.5 Å². The van der Waals surface area contributed by atoms with Crippen LogP contribution in [0.1, 0.15) is 32.6 Å². The molecule has 4 aliphatic rings. The van der Waals surface area contributed by atoms with Crippen molar-refractivity contribution in [2.75, 3.05) is 31.1 Å². The van der Waals surface area contributed by atoms with Gasteiger partial charge in [-0.25, -0.2) is 0 Å². The molecule has 1 aliphatic carbocycles. The van der Waals surface area contributed by atoms with E-state index in [0.717, 1.165) is 57.4 Å². The maximum atomic E-state index is 13.4. The first kappa shape index (κ1) is 20.9. The third-order valence-corrected chi connectivity index (χ3v) is 8.21. The minimum absolute atomic E-state index is 0.0102. The molecule has 1 saturated carbocycles. The van der Waals surface area contributed by atoms with E-state index in [0.29, 0.717) is 28.8 Å². The van der Waals surface area contributed by atoms with Crippen molar-refractivity contribution in [1.82, 2.24) is 20.5 Å². The number of carbonyl (C=O) groups is 1. The van der Waals surface area contributed by atoms with Crippen LogP contribution in [0.5, 0.6) is 0 Å². The van der Waals surface area contributed by atoms with Gasteiger partial charge in [-0.2, -0.15) is 5.11 Å². The number of carbonyl (C=O) groups excluding carboxylic acids is 1. The normalized spacial score (nSPS) is 33.0. The highest BCUT2D eigenvalue weighted by molar-refractivity contribution is 6.30. The van der Waals surface area contributed by atoms with Gasteiger partial charge < -0.3 is 14.2 Å². The number of amides is 1. The zero-order chi connectivity index (χ0) is 22.6. The molecule has 3 fully saturated rings. The third-order valence-electron chi connectivity index (χ3n) is 7.96. The number of nitrogens with one attached hydrogen (secondary N) is 1. The van der Waals surface area contributed by atoms with E-state index in [1.54, 1.807) is 0 Å².